The van der Waals surface area contributed by atoms with Gasteiger partial charge >= 0.3 is 0 Å². The Morgan fingerprint density at radius 2 is 2.16 bits per heavy atom. The first-order valence-electron chi connectivity index (χ1n) is 6.75. The van der Waals surface area contributed by atoms with Gasteiger partial charge < -0.3 is 15.4 Å². The third-order valence-electron chi connectivity index (χ3n) is 3.32. The molecule has 1 aromatic carbocycles. The average molecular weight is 259 g/mol. The molecule has 2 rings (SSSR count). The number of rotatable bonds is 3. The first kappa shape index (κ1) is 13.7. The van der Waals surface area contributed by atoms with Crippen molar-refractivity contribution < 1.29 is 4.74 Å². The Morgan fingerprint density at radius 3 is 2.84 bits per heavy atom. The Hall–Kier alpha value is -1.73. The van der Waals surface area contributed by atoms with E-state index in [4.69, 9.17) is 10.5 Å². The van der Waals surface area contributed by atoms with Crippen molar-refractivity contribution in [2.24, 2.45) is 5.73 Å². The lowest BCUT2D eigenvalue weighted by molar-refractivity contribution is 0.242. The maximum atomic E-state index is 9.20. The molecule has 0 aromatic heterocycles. The fraction of sp³-hybridized carbons (Fsp3) is 0.533. The van der Waals surface area contributed by atoms with Gasteiger partial charge in [-0.3, -0.25) is 0 Å². The van der Waals surface area contributed by atoms with E-state index in [1.807, 2.05) is 38.1 Å². The molecule has 0 aliphatic carbocycles. The number of ether oxygens (including phenoxy) is 1. The van der Waals surface area contributed by atoms with E-state index in [0.29, 0.717) is 6.54 Å². The van der Waals surface area contributed by atoms with Gasteiger partial charge in [-0.1, -0.05) is 12.1 Å². The van der Waals surface area contributed by atoms with Crippen LogP contribution in [0.4, 0.5) is 5.69 Å². The Labute approximate surface area is 114 Å². The number of benzene rings is 1. The quantitative estimate of drug-likeness (QED) is 0.904. The average Bonchev–Trinajstić information content (AvgIpc) is 2.39. The van der Waals surface area contributed by atoms with E-state index in [1.54, 1.807) is 0 Å². The minimum Gasteiger partial charge on any atom is -0.489 e. The molecule has 2 N–H and O–H groups in total. The smallest absolute Gasteiger partial charge is 0.142 e. The second-order valence-corrected chi connectivity index (χ2v) is 5.43. The third-order valence-corrected chi connectivity index (χ3v) is 3.32. The van der Waals surface area contributed by atoms with Crippen molar-refractivity contribution in [1.82, 2.24) is 0 Å². The third kappa shape index (κ3) is 3.18. The number of para-hydroxylation sites is 2. The summed E-state index contributed by atoms with van der Waals surface area (Å²) in [4.78, 5) is 2.16. The molecule has 102 valence electrons. The van der Waals surface area contributed by atoms with Crippen molar-refractivity contribution in [2.75, 3.05) is 18.0 Å². The zero-order valence-corrected chi connectivity index (χ0v) is 11.6. The summed E-state index contributed by atoms with van der Waals surface area (Å²) in [6, 6.07) is 10.2. The summed E-state index contributed by atoms with van der Waals surface area (Å²) in [5.74, 6) is 0.861. The number of nitrogens with two attached hydrogens (primary N) is 1. The summed E-state index contributed by atoms with van der Waals surface area (Å²) in [6.07, 6.45) is 1.82. The van der Waals surface area contributed by atoms with Crippen LogP contribution in [0.5, 0.6) is 5.75 Å². The second-order valence-electron chi connectivity index (χ2n) is 5.43. The molecule has 0 bridgehead atoms. The predicted octanol–water partition coefficient (Wildman–Crippen LogP) is 2.30. The summed E-state index contributed by atoms with van der Waals surface area (Å²) in [7, 11) is 0. The van der Waals surface area contributed by atoms with E-state index in [0.717, 1.165) is 30.8 Å². The van der Waals surface area contributed by atoms with Crippen molar-refractivity contribution >= 4 is 5.69 Å². The van der Waals surface area contributed by atoms with Crippen LogP contribution in [-0.4, -0.2) is 24.7 Å². The molecule has 1 fully saturated rings. The van der Waals surface area contributed by atoms with Gasteiger partial charge in [0.15, 0.2) is 0 Å². The highest BCUT2D eigenvalue weighted by Gasteiger charge is 2.32. The molecule has 1 aliphatic rings. The number of hydrogen-bond donors (Lipinski definition) is 1. The van der Waals surface area contributed by atoms with Crippen LogP contribution < -0.4 is 15.4 Å². The van der Waals surface area contributed by atoms with E-state index in [2.05, 4.69) is 11.0 Å². The van der Waals surface area contributed by atoms with Gasteiger partial charge in [-0.15, -0.1) is 0 Å². The van der Waals surface area contributed by atoms with Gasteiger partial charge in [-0.05, 0) is 38.8 Å². The van der Waals surface area contributed by atoms with Crippen LogP contribution in [0.25, 0.3) is 0 Å². The molecular weight excluding hydrogens is 238 g/mol. The lowest BCUT2D eigenvalue weighted by atomic mass is 9.91. The number of piperidine rings is 1. The fourth-order valence-electron chi connectivity index (χ4n) is 2.45. The molecule has 19 heavy (non-hydrogen) atoms. The molecule has 1 heterocycles. The molecule has 1 unspecified atom stereocenters. The highest BCUT2D eigenvalue weighted by Crippen LogP contribution is 2.32. The zero-order chi connectivity index (χ0) is 13.9. The predicted molar refractivity (Wildman–Crippen MR) is 76.2 cm³/mol. The number of anilines is 1. The summed E-state index contributed by atoms with van der Waals surface area (Å²) < 4.78 is 5.83. The van der Waals surface area contributed by atoms with Crippen molar-refractivity contribution in [3.05, 3.63) is 24.3 Å². The molecule has 0 spiro atoms. The normalized spacial score (nSPS) is 23.2. The standard InChI is InChI=1S/C15H21N3O/c1-12(2)19-14-7-4-3-6-13(14)18-9-5-8-15(17,10-16)11-18/h3-4,6-7,12H,5,8-9,11,17H2,1-2H3. The van der Waals surface area contributed by atoms with Crippen LogP contribution in [0, 0.1) is 11.3 Å². The summed E-state index contributed by atoms with van der Waals surface area (Å²) in [6.45, 7) is 5.49. The van der Waals surface area contributed by atoms with Crippen LogP contribution in [-0.2, 0) is 0 Å². The number of nitriles is 1. The van der Waals surface area contributed by atoms with E-state index in [9.17, 15) is 5.26 Å². The highest BCUT2D eigenvalue weighted by molar-refractivity contribution is 5.59. The lowest BCUT2D eigenvalue weighted by Gasteiger charge is -2.37. The molecule has 1 aliphatic heterocycles. The molecular formula is C15H21N3O. The molecule has 1 saturated heterocycles. The zero-order valence-electron chi connectivity index (χ0n) is 11.6. The van der Waals surface area contributed by atoms with Gasteiger partial charge in [0.05, 0.1) is 17.9 Å². The Bertz CT molecular complexity index is 481. The van der Waals surface area contributed by atoms with Gasteiger partial charge in [0.2, 0.25) is 0 Å². The Balaban J connectivity index is 2.24. The minimum absolute atomic E-state index is 0.129. The second kappa shape index (κ2) is 5.50. The van der Waals surface area contributed by atoms with Crippen molar-refractivity contribution in [2.45, 2.75) is 38.3 Å². The molecule has 0 radical (unpaired) electrons. The Morgan fingerprint density at radius 1 is 1.42 bits per heavy atom. The maximum absolute atomic E-state index is 9.20. The van der Waals surface area contributed by atoms with Crippen LogP contribution in [0.3, 0.4) is 0 Å². The molecule has 0 amide bonds. The number of hydrogen-bond acceptors (Lipinski definition) is 4. The summed E-state index contributed by atoms with van der Waals surface area (Å²) >= 11 is 0. The van der Waals surface area contributed by atoms with Crippen LogP contribution in [0.2, 0.25) is 0 Å². The van der Waals surface area contributed by atoms with Crippen LogP contribution >= 0.6 is 0 Å². The van der Waals surface area contributed by atoms with Crippen molar-refractivity contribution in [3.8, 4) is 11.8 Å². The maximum Gasteiger partial charge on any atom is 0.142 e. The fourth-order valence-corrected chi connectivity index (χ4v) is 2.45. The first-order valence-corrected chi connectivity index (χ1v) is 6.75. The molecule has 1 aromatic rings. The van der Waals surface area contributed by atoms with Gasteiger partial charge in [-0.2, -0.15) is 5.26 Å². The van der Waals surface area contributed by atoms with E-state index in [1.165, 1.54) is 0 Å². The highest BCUT2D eigenvalue weighted by atomic mass is 16.5. The lowest BCUT2D eigenvalue weighted by Crippen LogP contribution is -2.53. The summed E-state index contributed by atoms with van der Waals surface area (Å²) in [5.41, 5.74) is 6.38. The largest absolute Gasteiger partial charge is 0.489 e. The van der Waals surface area contributed by atoms with Gasteiger partial charge in [-0.25, -0.2) is 0 Å². The minimum atomic E-state index is -0.747. The van der Waals surface area contributed by atoms with Gasteiger partial charge in [0, 0.05) is 13.1 Å². The first-order chi connectivity index (χ1) is 9.04. The Kier molecular flexibility index (Phi) is 3.96. The SMILES string of the molecule is CC(C)Oc1ccccc1N1CCCC(N)(C#N)C1. The van der Waals surface area contributed by atoms with Crippen LogP contribution in [0.1, 0.15) is 26.7 Å². The van der Waals surface area contributed by atoms with Gasteiger partial charge in [0.1, 0.15) is 11.3 Å². The van der Waals surface area contributed by atoms with E-state index >= 15 is 0 Å². The molecule has 1 atom stereocenters. The van der Waals surface area contributed by atoms with Gasteiger partial charge in [0.25, 0.3) is 0 Å². The summed E-state index contributed by atoms with van der Waals surface area (Å²) in [5, 5.41) is 9.20. The molecule has 4 heteroatoms. The molecule has 4 nitrogen and oxygen atoms in total. The topological polar surface area (TPSA) is 62.3 Å². The number of nitrogens with zero attached hydrogens (tertiary/aromatic N) is 2. The monoisotopic (exact) mass is 259 g/mol. The van der Waals surface area contributed by atoms with Crippen LogP contribution in [0.15, 0.2) is 24.3 Å². The van der Waals surface area contributed by atoms with E-state index < -0.39 is 5.54 Å². The van der Waals surface area contributed by atoms with E-state index in [-0.39, 0.29) is 6.10 Å². The van der Waals surface area contributed by atoms with Crippen molar-refractivity contribution in [1.29, 1.82) is 5.26 Å². The van der Waals surface area contributed by atoms with Crippen molar-refractivity contribution in [3.63, 3.8) is 0 Å². The molecule has 0 saturated carbocycles.